The van der Waals surface area contributed by atoms with Crippen molar-refractivity contribution in [3.8, 4) is 0 Å². The van der Waals surface area contributed by atoms with Crippen LogP contribution in [0.15, 0.2) is 0 Å². The summed E-state index contributed by atoms with van der Waals surface area (Å²) in [4.78, 5) is 13.7. The molecule has 0 aromatic carbocycles. The molecule has 0 radical (unpaired) electrons. The van der Waals surface area contributed by atoms with Crippen LogP contribution in [0.4, 0.5) is 0 Å². The molecule has 4 heterocycles. The number of nitrogens with zero attached hydrogens (tertiary/aromatic N) is 5. The molecule has 2 atom stereocenters. The van der Waals surface area contributed by atoms with E-state index >= 15 is 0 Å². The summed E-state index contributed by atoms with van der Waals surface area (Å²) >= 11 is 0. The van der Waals surface area contributed by atoms with Crippen molar-refractivity contribution in [3.05, 3.63) is 0 Å². The maximum absolute atomic E-state index is 3.49. The van der Waals surface area contributed by atoms with Crippen molar-refractivity contribution in [1.29, 1.82) is 0 Å². The summed E-state index contributed by atoms with van der Waals surface area (Å²) in [6.07, 6.45) is 8.36. The van der Waals surface area contributed by atoms with Gasteiger partial charge in [0.2, 0.25) is 0 Å². The van der Waals surface area contributed by atoms with Gasteiger partial charge in [-0.3, -0.25) is 4.90 Å². The molecule has 0 aliphatic carbocycles. The van der Waals surface area contributed by atoms with Gasteiger partial charge in [0.25, 0.3) is 0 Å². The first-order valence-corrected chi connectivity index (χ1v) is 15.4. The molecule has 4 saturated heterocycles. The van der Waals surface area contributed by atoms with Crippen LogP contribution in [0.3, 0.4) is 0 Å². The van der Waals surface area contributed by atoms with E-state index in [0.717, 1.165) is 23.9 Å². The highest BCUT2D eigenvalue weighted by Crippen LogP contribution is 2.25. The van der Waals surface area contributed by atoms with Gasteiger partial charge in [-0.2, -0.15) is 0 Å². The van der Waals surface area contributed by atoms with Crippen molar-refractivity contribution in [2.24, 2.45) is 11.8 Å². The Bertz CT molecular complexity index is 570. The quantitative estimate of drug-likeness (QED) is 0.506. The van der Waals surface area contributed by atoms with Gasteiger partial charge in [0.15, 0.2) is 0 Å². The third-order valence-electron chi connectivity index (χ3n) is 9.93. The van der Waals surface area contributed by atoms with E-state index in [-0.39, 0.29) is 0 Å². The van der Waals surface area contributed by atoms with Crippen LogP contribution < -0.4 is 5.32 Å². The normalized spacial score (nSPS) is 28.0. The van der Waals surface area contributed by atoms with E-state index in [1.807, 2.05) is 0 Å². The van der Waals surface area contributed by atoms with E-state index in [1.54, 1.807) is 0 Å². The molecule has 4 aliphatic heterocycles. The molecule has 35 heavy (non-hydrogen) atoms. The minimum Gasteiger partial charge on any atom is -0.314 e. The van der Waals surface area contributed by atoms with Gasteiger partial charge in [-0.25, -0.2) is 0 Å². The number of likely N-dealkylation sites (tertiary alicyclic amines) is 2. The van der Waals surface area contributed by atoms with Crippen molar-refractivity contribution in [3.63, 3.8) is 0 Å². The highest BCUT2D eigenvalue weighted by atomic mass is 15.3. The molecule has 2 unspecified atom stereocenters. The Morgan fingerprint density at radius 1 is 0.543 bits per heavy atom. The molecule has 0 aromatic heterocycles. The summed E-state index contributed by atoms with van der Waals surface area (Å²) in [6, 6.07) is 2.21. The molecule has 1 N–H and O–H groups in total. The number of nitrogens with one attached hydrogen (secondary N) is 1. The van der Waals surface area contributed by atoms with Gasteiger partial charge >= 0.3 is 0 Å². The monoisotopic (exact) mass is 490 g/mol. The molecule has 6 heteroatoms. The number of piperazine rings is 2. The van der Waals surface area contributed by atoms with Gasteiger partial charge in [0, 0.05) is 83.6 Å². The summed E-state index contributed by atoms with van der Waals surface area (Å²) < 4.78 is 0. The second kappa shape index (κ2) is 14.1. The molecular weight excluding hydrogens is 432 g/mol. The Balaban J connectivity index is 1.07. The van der Waals surface area contributed by atoms with Gasteiger partial charge in [0.05, 0.1) is 0 Å². The van der Waals surface area contributed by atoms with Crippen LogP contribution in [0, 0.1) is 11.8 Å². The van der Waals surface area contributed by atoms with Crippen LogP contribution in [0.2, 0.25) is 0 Å². The molecule has 4 aliphatic rings. The Kier molecular flexibility index (Phi) is 11.2. The number of hydrogen-bond donors (Lipinski definition) is 1. The van der Waals surface area contributed by atoms with Gasteiger partial charge in [-0.15, -0.1) is 0 Å². The van der Waals surface area contributed by atoms with Crippen molar-refractivity contribution in [2.45, 2.75) is 84.3 Å². The molecule has 0 amide bonds. The first-order valence-electron chi connectivity index (χ1n) is 15.4. The fourth-order valence-electron chi connectivity index (χ4n) is 7.09. The Labute approximate surface area is 217 Å². The predicted molar refractivity (Wildman–Crippen MR) is 149 cm³/mol. The smallest absolute Gasteiger partial charge is 0.0113 e. The van der Waals surface area contributed by atoms with Crippen LogP contribution in [0.5, 0.6) is 0 Å². The van der Waals surface area contributed by atoms with E-state index in [1.165, 1.54) is 130 Å². The lowest BCUT2D eigenvalue weighted by Crippen LogP contribution is -2.51. The average Bonchev–Trinajstić information content (AvgIpc) is 2.89. The Morgan fingerprint density at radius 2 is 0.971 bits per heavy atom. The zero-order valence-electron chi connectivity index (χ0n) is 23.8. The first-order chi connectivity index (χ1) is 17.0. The highest BCUT2D eigenvalue weighted by molar-refractivity contribution is 4.83. The van der Waals surface area contributed by atoms with Crippen LogP contribution in [-0.4, -0.2) is 134 Å². The Hall–Kier alpha value is -0.240. The van der Waals surface area contributed by atoms with Crippen molar-refractivity contribution >= 4 is 0 Å². The zero-order chi connectivity index (χ0) is 24.6. The fraction of sp³-hybridized carbons (Fsp3) is 1.00. The predicted octanol–water partition coefficient (Wildman–Crippen LogP) is 2.90. The van der Waals surface area contributed by atoms with Crippen LogP contribution in [-0.2, 0) is 0 Å². The summed E-state index contributed by atoms with van der Waals surface area (Å²) in [5.41, 5.74) is 0. The lowest BCUT2D eigenvalue weighted by Gasteiger charge is -2.41. The highest BCUT2D eigenvalue weighted by Gasteiger charge is 2.28. The molecule has 6 nitrogen and oxygen atoms in total. The third kappa shape index (κ3) is 8.65. The van der Waals surface area contributed by atoms with E-state index in [4.69, 9.17) is 0 Å². The summed E-state index contributed by atoms with van der Waals surface area (Å²) in [5.74, 6) is 1.85. The number of piperidine rings is 2. The van der Waals surface area contributed by atoms with Crippen molar-refractivity contribution in [1.82, 2.24) is 29.8 Å². The summed E-state index contributed by atoms with van der Waals surface area (Å²) in [7, 11) is 0. The van der Waals surface area contributed by atoms with Crippen LogP contribution >= 0.6 is 0 Å². The van der Waals surface area contributed by atoms with E-state index in [9.17, 15) is 0 Å². The second-order valence-corrected chi connectivity index (χ2v) is 12.7. The third-order valence-corrected chi connectivity index (χ3v) is 9.93. The Morgan fingerprint density at radius 3 is 1.40 bits per heavy atom. The van der Waals surface area contributed by atoms with E-state index in [0.29, 0.717) is 6.04 Å². The van der Waals surface area contributed by atoms with Crippen molar-refractivity contribution < 1.29 is 0 Å². The van der Waals surface area contributed by atoms with Crippen LogP contribution in [0.25, 0.3) is 0 Å². The largest absolute Gasteiger partial charge is 0.314 e. The molecular formula is C29H58N6. The topological polar surface area (TPSA) is 28.2 Å². The molecule has 0 bridgehead atoms. The molecule has 0 spiro atoms. The van der Waals surface area contributed by atoms with Gasteiger partial charge in [-0.1, -0.05) is 0 Å². The maximum Gasteiger partial charge on any atom is 0.0113 e. The molecule has 204 valence electrons. The number of rotatable bonds is 10. The fourth-order valence-corrected chi connectivity index (χ4v) is 7.09. The first kappa shape index (κ1) is 27.8. The van der Waals surface area contributed by atoms with E-state index in [2.05, 4.69) is 57.5 Å². The molecule has 0 aromatic rings. The number of hydrogen-bond acceptors (Lipinski definition) is 6. The summed E-state index contributed by atoms with van der Waals surface area (Å²) in [5, 5.41) is 3.49. The minimum atomic E-state index is 0.707. The minimum absolute atomic E-state index is 0.707. The van der Waals surface area contributed by atoms with Crippen LogP contribution in [0.1, 0.15) is 66.2 Å². The molecule has 4 fully saturated rings. The average molecular weight is 491 g/mol. The molecule has 0 saturated carbocycles. The van der Waals surface area contributed by atoms with Gasteiger partial charge in [0.1, 0.15) is 0 Å². The van der Waals surface area contributed by atoms with Crippen molar-refractivity contribution in [2.75, 3.05) is 91.6 Å². The standard InChI is InChI=1S/C29H58N6/c1-25(2)33-21-19-32(20-22-33)24-29-9-15-35(16-10-29)27(4)6-5-26(3)34-13-7-28(8-14-34)23-31-17-11-30-12-18-31/h25-30H,5-24H2,1-4H3. The lowest BCUT2D eigenvalue weighted by molar-refractivity contribution is 0.0694. The van der Waals surface area contributed by atoms with Gasteiger partial charge < -0.3 is 24.9 Å². The maximum atomic E-state index is 3.49. The van der Waals surface area contributed by atoms with E-state index < -0.39 is 0 Å². The second-order valence-electron chi connectivity index (χ2n) is 12.7. The summed E-state index contributed by atoms with van der Waals surface area (Å²) in [6.45, 7) is 27.6. The lowest BCUT2D eigenvalue weighted by atomic mass is 9.93. The SMILES string of the molecule is CC(C)N1CCN(CC2CCN(C(C)CCC(C)N3CCC(CN4CCNCC4)CC3)CC2)CC1. The molecule has 4 rings (SSSR count). The van der Waals surface area contributed by atoms with Gasteiger partial charge in [-0.05, 0) is 104 Å². The zero-order valence-corrected chi connectivity index (χ0v) is 23.8.